The van der Waals surface area contributed by atoms with Gasteiger partial charge in [-0.05, 0) is 22.0 Å². The van der Waals surface area contributed by atoms with Gasteiger partial charge in [-0.3, -0.25) is 0 Å². The molecule has 1 aromatic carbocycles. The van der Waals surface area contributed by atoms with Crippen LogP contribution in [0.4, 0.5) is 4.39 Å². The molecule has 0 aliphatic carbocycles. The minimum atomic E-state index is -0.321. The Morgan fingerprint density at radius 2 is 2.15 bits per heavy atom. The molecule has 0 N–H and O–H groups in total. The normalized spacial score (nSPS) is 11.3. The van der Waals surface area contributed by atoms with Crippen LogP contribution in [0.3, 0.4) is 0 Å². The Hall–Kier alpha value is -1.40. The molecular weight excluding hydrogens is 347 g/mol. The van der Waals surface area contributed by atoms with Crippen molar-refractivity contribution in [2.75, 3.05) is 0 Å². The van der Waals surface area contributed by atoms with Crippen molar-refractivity contribution < 1.29 is 4.39 Å². The number of benzene rings is 1. The van der Waals surface area contributed by atoms with Crippen molar-refractivity contribution in [1.29, 1.82) is 0 Å². The lowest BCUT2D eigenvalue weighted by Gasteiger charge is -2.08. The first-order valence-corrected chi connectivity index (χ1v) is 7.37. The van der Waals surface area contributed by atoms with Crippen molar-refractivity contribution in [2.45, 2.75) is 19.0 Å². The highest BCUT2D eigenvalue weighted by molar-refractivity contribution is 9.10. The van der Waals surface area contributed by atoms with Gasteiger partial charge in [0, 0.05) is 31.5 Å². The molecule has 0 saturated heterocycles. The van der Waals surface area contributed by atoms with Crippen molar-refractivity contribution in [3.8, 4) is 0 Å². The summed E-state index contributed by atoms with van der Waals surface area (Å²) in [6.07, 6.45) is 5.39. The zero-order valence-electron chi connectivity index (χ0n) is 10.4. The summed E-state index contributed by atoms with van der Waals surface area (Å²) >= 11 is 9.14. The summed E-state index contributed by atoms with van der Waals surface area (Å²) in [5.74, 6) is 0.704. The summed E-state index contributed by atoms with van der Waals surface area (Å²) < 4.78 is 18.0. The van der Waals surface area contributed by atoms with E-state index in [1.807, 2.05) is 15.3 Å². The summed E-state index contributed by atoms with van der Waals surface area (Å²) in [5.41, 5.74) is 1.49. The van der Waals surface area contributed by atoms with Crippen LogP contribution in [-0.2, 0) is 19.0 Å². The number of halogens is 3. The number of nitrogens with zero attached hydrogens (tertiary/aromatic N) is 4. The van der Waals surface area contributed by atoms with Crippen LogP contribution < -0.4 is 0 Å². The molecule has 3 rings (SSSR count). The first-order chi connectivity index (χ1) is 9.69. The van der Waals surface area contributed by atoms with E-state index in [9.17, 15) is 4.39 Å². The minimum Gasteiger partial charge on any atom is -0.336 e. The third-order valence-electron chi connectivity index (χ3n) is 3.13. The van der Waals surface area contributed by atoms with Crippen molar-refractivity contribution in [1.82, 2.24) is 19.1 Å². The lowest BCUT2D eigenvalue weighted by molar-refractivity contribution is 0.576. The zero-order valence-corrected chi connectivity index (χ0v) is 12.8. The SMILES string of the molecule is Fc1cc2nc(CCl)n(CCn3ccnc3)c2cc1Br. The molecule has 4 nitrogen and oxygen atoms in total. The Labute approximate surface area is 128 Å². The predicted octanol–water partition coefficient (Wildman–Crippen LogP) is 3.57. The molecule has 0 radical (unpaired) electrons. The van der Waals surface area contributed by atoms with Gasteiger partial charge in [0.2, 0.25) is 0 Å². The maximum Gasteiger partial charge on any atom is 0.139 e. The number of aryl methyl sites for hydroxylation is 2. The molecule has 0 unspecified atom stereocenters. The van der Waals surface area contributed by atoms with E-state index < -0.39 is 0 Å². The van der Waals surface area contributed by atoms with Crippen LogP contribution >= 0.6 is 27.5 Å². The van der Waals surface area contributed by atoms with E-state index in [0.29, 0.717) is 16.5 Å². The number of alkyl halides is 1. The monoisotopic (exact) mass is 356 g/mol. The number of rotatable bonds is 4. The topological polar surface area (TPSA) is 35.6 Å². The second-order valence-corrected chi connectivity index (χ2v) is 5.49. The molecule has 7 heteroatoms. The van der Waals surface area contributed by atoms with Gasteiger partial charge >= 0.3 is 0 Å². The Balaban J connectivity index is 2.01. The van der Waals surface area contributed by atoms with Crippen LogP contribution in [0.5, 0.6) is 0 Å². The highest BCUT2D eigenvalue weighted by Gasteiger charge is 2.12. The number of hydrogen-bond acceptors (Lipinski definition) is 2. The highest BCUT2D eigenvalue weighted by atomic mass is 79.9. The second-order valence-electron chi connectivity index (χ2n) is 4.37. The molecule has 0 amide bonds. The summed E-state index contributed by atoms with van der Waals surface area (Å²) in [6.45, 7) is 1.46. The molecule has 0 spiro atoms. The standard InChI is InChI=1S/C13H11BrClFN4/c14-9-5-12-11(6-10(9)16)18-13(7-15)20(12)4-3-19-2-1-17-8-19/h1-2,5-6,8H,3-4,7H2. The van der Waals surface area contributed by atoms with Crippen LogP contribution in [0.2, 0.25) is 0 Å². The van der Waals surface area contributed by atoms with Gasteiger partial charge < -0.3 is 9.13 Å². The van der Waals surface area contributed by atoms with Crippen LogP contribution in [0, 0.1) is 5.82 Å². The highest BCUT2D eigenvalue weighted by Crippen LogP contribution is 2.25. The van der Waals surface area contributed by atoms with Gasteiger partial charge in [0.1, 0.15) is 11.6 Å². The lowest BCUT2D eigenvalue weighted by atomic mass is 10.3. The lowest BCUT2D eigenvalue weighted by Crippen LogP contribution is -2.08. The van der Waals surface area contributed by atoms with E-state index in [2.05, 4.69) is 25.9 Å². The molecule has 0 aliphatic rings. The molecular formula is C13H11BrClFN4. The third kappa shape index (κ3) is 2.45. The van der Waals surface area contributed by atoms with Gasteiger partial charge in [-0.2, -0.15) is 0 Å². The molecule has 104 valence electrons. The van der Waals surface area contributed by atoms with Gasteiger partial charge in [0.15, 0.2) is 0 Å². The van der Waals surface area contributed by atoms with Crippen molar-refractivity contribution in [3.05, 3.63) is 47.0 Å². The fourth-order valence-electron chi connectivity index (χ4n) is 2.16. The first kappa shape index (κ1) is 13.6. The average molecular weight is 358 g/mol. The molecule has 0 aliphatic heterocycles. The Morgan fingerprint density at radius 3 is 2.85 bits per heavy atom. The first-order valence-electron chi connectivity index (χ1n) is 6.05. The fourth-order valence-corrected chi connectivity index (χ4v) is 2.69. The van der Waals surface area contributed by atoms with E-state index >= 15 is 0 Å². The van der Waals surface area contributed by atoms with Crippen LogP contribution in [-0.4, -0.2) is 19.1 Å². The van der Waals surface area contributed by atoms with E-state index in [1.54, 1.807) is 18.6 Å². The molecule has 2 aromatic heterocycles. The summed E-state index contributed by atoms with van der Waals surface area (Å²) in [4.78, 5) is 8.39. The summed E-state index contributed by atoms with van der Waals surface area (Å²) in [7, 11) is 0. The van der Waals surface area contributed by atoms with Crippen LogP contribution in [0.15, 0.2) is 35.3 Å². The maximum atomic E-state index is 13.6. The summed E-state index contributed by atoms with van der Waals surface area (Å²) in [5, 5.41) is 0. The third-order valence-corrected chi connectivity index (χ3v) is 3.98. The molecule has 0 bridgehead atoms. The van der Waals surface area contributed by atoms with Crippen LogP contribution in [0.25, 0.3) is 11.0 Å². The summed E-state index contributed by atoms with van der Waals surface area (Å²) in [6, 6.07) is 3.16. The maximum absolute atomic E-state index is 13.6. The molecule has 2 heterocycles. The Morgan fingerprint density at radius 1 is 1.30 bits per heavy atom. The second kappa shape index (κ2) is 5.54. The van der Waals surface area contributed by atoms with Crippen molar-refractivity contribution in [2.24, 2.45) is 0 Å². The fraction of sp³-hybridized carbons (Fsp3) is 0.231. The van der Waals surface area contributed by atoms with Crippen LogP contribution in [0.1, 0.15) is 5.82 Å². The van der Waals surface area contributed by atoms with Gasteiger partial charge in [-0.25, -0.2) is 14.4 Å². The number of fused-ring (bicyclic) bond motifs is 1. The molecule has 0 atom stereocenters. The minimum absolute atomic E-state index is 0.290. The predicted molar refractivity (Wildman–Crippen MR) is 79.2 cm³/mol. The van der Waals surface area contributed by atoms with Crippen molar-refractivity contribution in [3.63, 3.8) is 0 Å². The average Bonchev–Trinajstić information content (AvgIpc) is 3.05. The Bertz CT molecular complexity index is 738. The van der Waals surface area contributed by atoms with E-state index in [4.69, 9.17) is 11.6 Å². The van der Waals surface area contributed by atoms with Gasteiger partial charge in [-0.1, -0.05) is 0 Å². The molecule has 20 heavy (non-hydrogen) atoms. The van der Waals surface area contributed by atoms with Gasteiger partial charge in [-0.15, -0.1) is 11.6 Å². The van der Waals surface area contributed by atoms with Crippen molar-refractivity contribution >= 4 is 38.6 Å². The van der Waals surface area contributed by atoms with E-state index in [1.165, 1.54) is 6.07 Å². The van der Waals surface area contributed by atoms with Gasteiger partial charge in [0.25, 0.3) is 0 Å². The number of imidazole rings is 2. The zero-order chi connectivity index (χ0) is 14.1. The molecule has 0 fully saturated rings. The quantitative estimate of drug-likeness (QED) is 0.669. The number of aromatic nitrogens is 4. The molecule has 0 saturated carbocycles. The smallest absolute Gasteiger partial charge is 0.139 e. The van der Waals surface area contributed by atoms with E-state index in [0.717, 1.165) is 17.9 Å². The van der Waals surface area contributed by atoms with Gasteiger partial charge in [0.05, 0.1) is 27.7 Å². The largest absolute Gasteiger partial charge is 0.336 e. The Kier molecular flexibility index (Phi) is 3.76. The number of hydrogen-bond donors (Lipinski definition) is 0. The molecule has 3 aromatic rings. The van der Waals surface area contributed by atoms with E-state index in [-0.39, 0.29) is 11.7 Å².